The van der Waals surface area contributed by atoms with Crippen LogP contribution in [0.5, 0.6) is 11.5 Å². The van der Waals surface area contributed by atoms with E-state index in [2.05, 4.69) is 31.2 Å². The van der Waals surface area contributed by atoms with E-state index in [1.165, 1.54) is 10.9 Å². The minimum absolute atomic E-state index is 0.499. The standard InChI is InChI=1S/C19H18O2/c1-14-10-11-18(20-2)16(12-14)13-21-19-9-5-7-15-6-3-4-8-17(15)19/h3-12H,13H2,1-2H3. The smallest absolute Gasteiger partial charge is 0.127 e. The molecule has 0 unspecified atom stereocenters. The second-order valence-corrected chi connectivity index (χ2v) is 5.08. The van der Waals surface area contributed by atoms with Crippen LogP contribution in [0.1, 0.15) is 11.1 Å². The largest absolute Gasteiger partial charge is 0.496 e. The van der Waals surface area contributed by atoms with Gasteiger partial charge in [-0.15, -0.1) is 0 Å². The van der Waals surface area contributed by atoms with Crippen molar-refractivity contribution in [2.24, 2.45) is 0 Å². The van der Waals surface area contributed by atoms with Crippen LogP contribution in [0.15, 0.2) is 60.7 Å². The summed E-state index contributed by atoms with van der Waals surface area (Å²) in [6, 6.07) is 20.5. The number of aryl methyl sites for hydroxylation is 1. The molecule has 0 saturated heterocycles. The van der Waals surface area contributed by atoms with Gasteiger partial charge >= 0.3 is 0 Å². The first-order valence-electron chi connectivity index (χ1n) is 7.02. The molecule has 0 bridgehead atoms. The number of hydrogen-bond acceptors (Lipinski definition) is 2. The van der Waals surface area contributed by atoms with Gasteiger partial charge in [0.2, 0.25) is 0 Å². The predicted molar refractivity (Wildman–Crippen MR) is 86.0 cm³/mol. The Labute approximate surface area is 124 Å². The normalized spacial score (nSPS) is 10.6. The van der Waals surface area contributed by atoms with E-state index in [4.69, 9.17) is 9.47 Å². The van der Waals surface area contributed by atoms with Crippen molar-refractivity contribution in [1.82, 2.24) is 0 Å². The highest BCUT2D eigenvalue weighted by atomic mass is 16.5. The van der Waals surface area contributed by atoms with E-state index in [9.17, 15) is 0 Å². The van der Waals surface area contributed by atoms with Crippen LogP contribution in [0.3, 0.4) is 0 Å². The zero-order valence-electron chi connectivity index (χ0n) is 12.3. The lowest BCUT2D eigenvalue weighted by Gasteiger charge is -2.12. The van der Waals surface area contributed by atoms with Crippen molar-refractivity contribution in [3.8, 4) is 11.5 Å². The highest BCUT2D eigenvalue weighted by Crippen LogP contribution is 2.27. The van der Waals surface area contributed by atoms with E-state index in [1.54, 1.807) is 7.11 Å². The van der Waals surface area contributed by atoms with E-state index in [0.717, 1.165) is 22.4 Å². The topological polar surface area (TPSA) is 18.5 Å². The van der Waals surface area contributed by atoms with Gasteiger partial charge in [0, 0.05) is 10.9 Å². The molecule has 0 aliphatic heterocycles. The summed E-state index contributed by atoms with van der Waals surface area (Å²) in [6.07, 6.45) is 0. The van der Waals surface area contributed by atoms with Gasteiger partial charge < -0.3 is 9.47 Å². The minimum Gasteiger partial charge on any atom is -0.496 e. The van der Waals surface area contributed by atoms with Crippen LogP contribution >= 0.6 is 0 Å². The lowest BCUT2D eigenvalue weighted by molar-refractivity contribution is 0.300. The molecule has 0 aliphatic carbocycles. The van der Waals surface area contributed by atoms with E-state index in [0.29, 0.717) is 6.61 Å². The summed E-state index contributed by atoms with van der Waals surface area (Å²) >= 11 is 0. The molecule has 0 aliphatic rings. The van der Waals surface area contributed by atoms with Gasteiger partial charge in [0.25, 0.3) is 0 Å². The van der Waals surface area contributed by atoms with Crippen LogP contribution in [0.25, 0.3) is 10.8 Å². The highest BCUT2D eigenvalue weighted by molar-refractivity contribution is 5.88. The van der Waals surface area contributed by atoms with Gasteiger partial charge in [-0.25, -0.2) is 0 Å². The molecule has 0 radical (unpaired) electrons. The Morgan fingerprint density at radius 2 is 1.67 bits per heavy atom. The zero-order chi connectivity index (χ0) is 14.7. The molecule has 0 saturated carbocycles. The summed E-state index contributed by atoms with van der Waals surface area (Å²) in [5, 5.41) is 2.32. The van der Waals surface area contributed by atoms with Crippen LogP contribution in [0.4, 0.5) is 0 Å². The molecule has 106 valence electrons. The maximum atomic E-state index is 6.02. The fourth-order valence-corrected chi connectivity index (χ4v) is 2.50. The molecule has 0 aromatic heterocycles. The summed E-state index contributed by atoms with van der Waals surface area (Å²) in [5.41, 5.74) is 2.26. The maximum absolute atomic E-state index is 6.02. The van der Waals surface area contributed by atoms with Crippen molar-refractivity contribution in [2.75, 3.05) is 7.11 Å². The fourth-order valence-electron chi connectivity index (χ4n) is 2.50. The molecule has 21 heavy (non-hydrogen) atoms. The molecule has 3 rings (SSSR count). The molecule has 3 aromatic carbocycles. The lowest BCUT2D eigenvalue weighted by atomic mass is 10.1. The second kappa shape index (κ2) is 5.88. The third kappa shape index (κ3) is 2.84. The Hall–Kier alpha value is -2.48. The monoisotopic (exact) mass is 278 g/mol. The fraction of sp³-hybridized carbons (Fsp3) is 0.158. The van der Waals surface area contributed by atoms with Crippen LogP contribution in [-0.4, -0.2) is 7.11 Å². The average Bonchev–Trinajstić information content (AvgIpc) is 2.53. The third-order valence-electron chi connectivity index (χ3n) is 3.57. The van der Waals surface area contributed by atoms with Crippen LogP contribution in [-0.2, 0) is 6.61 Å². The first kappa shape index (κ1) is 13.5. The molecule has 2 nitrogen and oxygen atoms in total. The quantitative estimate of drug-likeness (QED) is 0.686. The number of benzene rings is 3. The molecular weight excluding hydrogens is 260 g/mol. The van der Waals surface area contributed by atoms with Crippen LogP contribution in [0.2, 0.25) is 0 Å². The van der Waals surface area contributed by atoms with E-state index in [1.807, 2.05) is 36.4 Å². The van der Waals surface area contributed by atoms with Gasteiger partial charge in [-0.05, 0) is 30.5 Å². The molecular formula is C19H18O2. The van der Waals surface area contributed by atoms with Gasteiger partial charge in [0.05, 0.1) is 7.11 Å². The second-order valence-electron chi connectivity index (χ2n) is 5.08. The first-order valence-corrected chi connectivity index (χ1v) is 7.02. The van der Waals surface area contributed by atoms with Crippen molar-refractivity contribution >= 4 is 10.8 Å². The van der Waals surface area contributed by atoms with Crippen molar-refractivity contribution in [3.63, 3.8) is 0 Å². The Morgan fingerprint density at radius 1 is 0.857 bits per heavy atom. The number of ether oxygens (including phenoxy) is 2. The Bertz CT molecular complexity index is 757. The van der Waals surface area contributed by atoms with Gasteiger partial charge in [-0.3, -0.25) is 0 Å². The van der Waals surface area contributed by atoms with Crippen molar-refractivity contribution < 1.29 is 9.47 Å². The zero-order valence-corrected chi connectivity index (χ0v) is 12.3. The summed E-state index contributed by atoms with van der Waals surface area (Å²) in [5.74, 6) is 1.76. The van der Waals surface area contributed by atoms with Gasteiger partial charge in [0.15, 0.2) is 0 Å². The molecule has 0 amide bonds. The molecule has 3 aromatic rings. The SMILES string of the molecule is COc1ccc(C)cc1COc1cccc2ccccc12. The summed E-state index contributed by atoms with van der Waals surface area (Å²) in [7, 11) is 1.69. The number of hydrogen-bond donors (Lipinski definition) is 0. The summed E-state index contributed by atoms with van der Waals surface area (Å²) < 4.78 is 11.4. The number of fused-ring (bicyclic) bond motifs is 1. The van der Waals surface area contributed by atoms with Crippen molar-refractivity contribution in [1.29, 1.82) is 0 Å². The average molecular weight is 278 g/mol. The third-order valence-corrected chi connectivity index (χ3v) is 3.57. The molecule has 0 N–H and O–H groups in total. The van der Waals surface area contributed by atoms with Crippen LogP contribution in [0, 0.1) is 6.92 Å². The number of methoxy groups -OCH3 is 1. The molecule has 0 fully saturated rings. The molecule has 2 heteroatoms. The minimum atomic E-state index is 0.499. The predicted octanol–water partition coefficient (Wildman–Crippen LogP) is 4.74. The van der Waals surface area contributed by atoms with Gasteiger partial charge in [-0.1, -0.05) is 48.0 Å². The Morgan fingerprint density at radius 3 is 2.52 bits per heavy atom. The Kier molecular flexibility index (Phi) is 3.78. The molecule has 0 atom stereocenters. The van der Waals surface area contributed by atoms with Crippen LogP contribution < -0.4 is 9.47 Å². The molecule has 0 spiro atoms. The van der Waals surface area contributed by atoms with E-state index >= 15 is 0 Å². The van der Waals surface area contributed by atoms with Crippen molar-refractivity contribution in [2.45, 2.75) is 13.5 Å². The first-order chi connectivity index (χ1) is 10.3. The number of rotatable bonds is 4. The lowest BCUT2D eigenvalue weighted by Crippen LogP contribution is -1.99. The van der Waals surface area contributed by atoms with Gasteiger partial charge in [-0.2, -0.15) is 0 Å². The van der Waals surface area contributed by atoms with E-state index in [-0.39, 0.29) is 0 Å². The van der Waals surface area contributed by atoms with Gasteiger partial charge in [0.1, 0.15) is 18.1 Å². The van der Waals surface area contributed by atoms with E-state index < -0.39 is 0 Å². The Balaban J connectivity index is 1.89. The van der Waals surface area contributed by atoms with Crippen molar-refractivity contribution in [3.05, 3.63) is 71.8 Å². The summed E-state index contributed by atoms with van der Waals surface area (Å²) in [6.45, 7) is 2.57. The maximum Gasteiger partial charge on any atom is 0.127 e. The highest BCUT2D eigenvalue weighted by Gasteiger charge is 2.06. The molecule has 0 heterocycles. The summed E-state index contributed by atoms with van der Waals surface area (Å²) in [4.78, 5) is 0.